The van der Waals surface area contributed by atoms with Gasteiger partial charge in [0.15, 0.2) is 0 Å². The Balaban J connectivity index is 2.10. The van der Waals surface area contributed by atoms with Crippen LogP contribution in [0.15, 0.2) is 0 Å². The molecular formula is C12H25NO. The van der Waals surface area contributed by atoms with Gasteiger partial charge in [0, 0.05) is 6.61 Å². The SMILES string of the molecule is CC(C)(C)COCC1CCCNCC1. The van der Waals surface area contributed by atoms with E-state index >= 15 is 0 Å². The molecule has 84 valence electrons. The molecule has 2 nitrogen and oxygen atoms in total. The van der Waals surface area contributed by atoms with Crippen LogP contribution in [-0.4, -0.2) is 26.3 Å². The van der Waals surface area contributed by atoms with Crippen LogP contribution in [0.5, 0.6) is 0 Å². The summed E-state index contributed by atoms with van der Waals surface area (Å²) < 4.78 is 5.77. The van der Waals surface area contributed by atoms with Crippen molar-refractivity contribution < 1.29 is 4.74 Å². The van der Waals surface area contributed by atoms with Gasteiger partial charge in [-0.3, -0.25) is 0 Å². The molecule has 0 bridgehead atoms. The third-order valence-corrected chi connectivity index (χ3v) is 2.58. The molecule has 1 atom stereocenters. The van der Waals surface area contributed by atoms with Gasteiger partial charge in [-0.1, -0.05) is 20.8 Å². The molecule has 0 radical (unpaired) electrons. The Morgan fingerprint density at radius 3 is 2.71 bits per heavy atom. The second-order valence-electron chi connectivity index (χ2n) is 5.62. The fraction of sp³-hybridized carbons (Fsp3) is 1.00. The molecule has 14 heavy (non-hydrogen) atoms. The maximum atomic E-state index is 5.77. The lowest BCUT2D eigenvalue weighted by Crippen LogP contribution is -2.19. The van der Waals surface area contributed by atoms with Crippen molar-refractivity contribution in [2.75, 3.05) is 26.3 Å². The van der Waals surface area contributed by atoms with Crippen LogP contribution in [0.1, 0.15) is 40.0 Å². The Kier molecular flexibility index (Phi) is 4.90. The van der Waals surface area contributed by atoms with Crippen molar-refractivity contribution in [1.82, 2.24) is 5.32 Å². The summed E-state index contributed by atoms with van der Waals surface area (Å²) in [7, 11) is 0. The van der Waals surface area contributed by atoms with Gasteiger partial charge in [0.1, 0.15) is 0 Å². The van der Waals surface area contributed by atoms with E-state index in [0.717, 1.165) is 19.1 Å². The monoisotopic (exact) mass is 199 g/mol. The van der Waals surface area contributed by atoms with E-state index in [-0.39, 0.29) is 0 Å². The molecule has 0 aromatic heterocycles. The molecule has 0 saturated carbocycles. The lowest BCUT2D eigenvalue weighted by atomic mass is 9.98. The van der Waals surface area contributed by atoms with Crippen molar-refractivity contribution >= 4 is 0 Å². The first-order valence-corrected chi connectivity index (χ1v) is 5.86. The minimum absolute atomic E-state index is 0.309. The van der Waals surface area contributed by atoms with Gasteiger partial charge in [-0.15, -0.1) is 0 Å². The third-order valence-electron chi connectivity index (χ3n) is 2.58. The highest BCUT2D eigenvalue weighted by atomic mass is 16.5. The van der Waals surface area contributed by atoms with E-state index in [9.17, 15) is 0 Å². The summed E-state index contributed by atoms with van der Waals surface area (Å²) >= 11 is 0. The first kappa shape index (κ1) is 12.0. The highest BCUT2D eigenvalue weighted by Crippen LogP contribution is 2.17. The van der Waals surface area contributed by atoms with E-state index in [1.54, 1.807) is 0 Å². The van der Waals surface area contributed by atoms with Crippen LogP contribution in [0.2, 0.25) is 0 Å². The predicted octanol–water partition coefficient (Wildman–Crippen LogP) is 2.44. The first-order chi connectivity index (χ1) is 6.58. The summed E-state index contributed by atoms with van der Waals surface area (Å²) in [6.45, 7) is 10.9. The van der Waals surface area contributed by atoms with Gasteiger partial charge in [-0.05, 0) is 43.7 Å². The number of nitrogens with one attached hydrogen (secondary N) is 1. The summed E-state index contributed by atoms with van der Waals surface area (Å²) in [6, 6.07) is 0. The van der Waals surface area contributed by atoms with Gasteiger partial charge in [0.05, 0.1) is 6.61 Å². The number of hydrogen-bond acceptors (Lipinski definition) is 2. The number of rotatable bonds is 3. The maximum absolute atomic E-state index is 5.77. The molecule has 1 aliphatic rings. The molecule has 1 heterocycles. The Labute approximate surface area is 88.4 Å². The van der Waals surface area contributed by atoms with Crippen molar-refractivity contribution in [2.24, 2.45) is 11.3 Å². The topological polar surface area (TPSA) is 21.3 Å². The lowest BCUT2D eigenvalue weighted by Gasteiger charge is -2.20. The second-order valence-corrected chi connectivity index (χ2v) is 5.62. The van der Waals surface area contributed by atoms with Crippen LogP contribution < -0.4 is 5.32 Å². The van der Waals surface area contributed by atoms with Crippen LogP contribution in [0.4, 0.5) is 0 Å². The van der Waals surface area contributed by atoms with Crippen molar-refractivity contribution in [3.8, 4) is 0 Å². The van der Waals surface area contributed by atoms with Crippen LogP contribution in [0.3, 0.4) is 0 Å². The lowest BCUT2D eigenvalue weighted by molar-refractivity contribution is 0.0449. The van der Waals surface area contributed by atoms with E-state index in [1.165, 1.54) is 32.4 Å². The largest absolute Gasteiger partial charge is 0.381 e. The Morgan fingerprint density at radius 2 is 2.00 bits per heavy atom. The zero-order valence-corrected chi connectivity index (χ0v) is 9.94. The number of hydrogen-bond donors (Lipinski definition) is 1. The third kappa shape index (κ3) is 5.61. The van der Waals surface area contributed by atoms with Gasteiger partial charge < -0.3 is 10.1 Å². The average molecular weight is 199 g/mol. The molecule has 0 amide bonds. The number of ether oxygens (including phenoxy) is 1. The summed E-state index contributed by atoms with van der Waals surface area (Å²) in [4.78, 5) is 0. The Bertz CT molecular complexity index is 143. The Hall–Kier alpha value is -0.0800. The van der Waals surface area contributed by atoms with E-state index in [1.807, 2.05) is 0 Å². The minimum atomic E-state index is 0.309. The Morgan fingerprint density at radius 1 is 1.21 bits per heavy atom. The summed E-state index contributed by atoms with van der Waals surface area (Å²) in [5.41, 5.74) is 0.309. The van der Waals surface area contributed by atoms with Crippen LogP contribution in [-0.2, 0) is 4.74 Å². The van der Waals surface area contributed by atoms with Gasteiger partial charge >= 0.3 is 0 Å². The van der Waals surface area contributed by atoms with Crippen molar-refractivity contribution in [3.05, 3.63) is 0 Å². The van der Waals surface area contributed by atoms with Crippen molar-refractivity contribution in [2.45, 2.75) is 40.0 Å². The molecule has 0 aromatic carbocycles. The first-order valence-electron chi connectivity index (χ1n) is 5.86. The van der Waals surface area contributed by atoms with Crippen LogP contribution in [0, 0.1) is 11.3 Å². The molecule has 0 aromatic rings. The molecule has 1 saturated heterocycles. The summed E-state index contributed by atoms with van der Waals surface area (Å²) in [6.07, 6.45) is 3.92. The fourth-order valence-corrected chi connectivity index (χ4v) is 1.79. The molecular weight excluding hydrogens is 174 g/mol. The zero-order chi connectivity index (χ0) is 10.4. The average Bonchev–Trinajstić information content (AvgIpc) is 2.30. The molecule has 1 fully saturated rings. The molecule has 1 rings (SSSR count). The molecule has 0 aliphatic carbocycles. The molecule has 1 unspecified atom stereocenters. The second kappa shape index (κ2) is 5.72. The quantitative estimate of drug-likeness (QED) is 0.754. The minimum Gasteiger partial charge on any atom is -0.381 e. The summed E-state index contributed by atoms with van der Waals surface area (Å²) in [5, 5.41) is 3.43. The van der Waals surface area contributed by atoms with E-state index in [2.05, 4.69) is 26.1 Å². The fourth-order valence-electron chi connectivity index (χ4n) is 1.79. The van der Waals surface area contributed by atoms with Crippen molar-refractivity contribution in [1.29, 1.82) is 0 Å². The van der Waals surface area contributed by atoms with Crippen molar-refractivity contribution in [3.63, 3.8) is 0 Å². The van der Waals surface area contributed by atoms with Gasteiger partial charge in [-0.25, -0.2) is 0 Å². The van der Waals surface area contributed by atoms with Gasteiger partial charge in [-0.2, -0.15) is 0 Å². The van der Waals surface area contributed by atoms with Gasteiger partial charge in [0.2, 0.25) is 0 Å². The highest BCUT2D eigenvalue weighted by molar-refractivity contribution is 4.67. The smallest absolute Gasteiger partial charge is 0.0514 e. The normalized spacial score (nSPS) is 24.6. The maximum Gasteiger partial charge on any atom is 0.0514 e. The highest BCUT2D eigenvalue weighted by Gasteiger charge is 2.14. The van der Waals surface area contributed by atoms with E-state index < -0.39 is 0 Å². The standard InChI is InChI=1S/C12H25NO/c1-12(2,3)10-14-9-11-5-4-7-13-8-6-11/h11,13H,4-10H2,1-3H3. The molecule has 1 aliphatic heterocycles. The van der Waals surface area contributed by atoms with E-state index in [4.69, 9.17) is 4.74 Å². The van der Waals surface area contributed by atoms with Crippen LogP contribution >= 0.6 is 0 Å². The molecule has 2 heteroatoms. The molecule has 0 spiro atoms. The van der Waals surface area contributed by atoms with Crippen LogP contribution in [0.25, 0.3) is 0 Å². The summed E-state index contributed by atoms with van der Waals surface area (Å²) in [5.74, 6) is 0.785. The zero-order valence-electron chi connectivity index (χ0n) is 9.94. The van der Waals surface area contributed by atoms with E-state index in [0.29, 0.717) is 5.41 Å². The molecule has 1 N–H and O–H groups in total. The van der Waals surface area contributed by atoms with Gasteiger partial charge in [0.25, 0.3) is 0 Å². The predicted molar refractivity (Wildman–Crippen MR) is 60.5 cm³/mol.